The van der Waals surface area contributed by atoms with E-state index in [1.165, 1.54) is 16.7 Å². The highest BCUT2D eigenvalue weighted by atomic mass is 14.0. The number of benzene rings is 2. The molecule has 0 unspecified atom stereocenters. The molecule has 112 valence electrons. The Bertz CT molecular complexity index is 494. The zero-order valence-corrected chi connectivity index (χ0v) is 13.7. The predicted molar refractivity (Wildman–Crippen MR) is 97.7 cm³/mol. The van der Waals surface area contributed by atoms with Crippen LogP contribution < -0.4 is 0 Å². The Morgan fingerprint density at radius 2 is 1.43 bits per heavy atom. The fourth-order valence-corrected chi connectivity index (χ4v) is 1.89. The maximum atomic E-state index is 3.74. The minimum Gasteiger partial charge on any atom is -0.106 e. The van der Waals surface area contributed by atoms with Gasteiger partial charge in [0.25, 0.3) is 0 Å². The van der Waals surface area contributed by atoms with Crippen LogP contribution in [0.15, 0.2) is 74.3 Å². The number of hydrogen-bond donors (Lipinski definition) is 0. The van der Waals surface area contributed by atoms with Gasteiger partial charge in [0.05, 0.1) is 0 Å². The third kappa shape index (κ3) is 7.31. The van der Waals surface area contributed by atoms with Crippen LogP contribution in [0, 0.1) is 0 Å². The molecule has 2 aromatic carbocycles. The Morgan fingerprint density at radius 3 is 1.81 bits per heavy atom. The van der Waals surface area contributed by atoms with Crippen molar-refractivity contribution < 1.29 is 0 Å². The molecule has 0 bridgehead atoms. The zero-order valence-electron chi connectivity index (χ0n) is 13.7. The first-order valence-electron chi connectivity index (χ1n) is 7.44. The van der Waals surface area contributed by atoms with Crippen molar-refractivity contribution in [3.63, 3.8) is 0 Å². The highest BCUT2D eigenvalue weighted by Crippen LogP contribution is 2.11. The Morgan fingerprint density at radius 1 is 0.905 bits per heavy atom. The molecule has 0 heteroatoms. The smallest absolute Gasteiger partial charge is 0.0219 e. The summed E-state index contributed by atoms with van der Waals surface area (Å²) in [5.41, 5.74) is 4.04. The van der Waals surface area contributed by atoms with Gasteiger partial charge in [0.15, 0.2) is 0 Å². The van der Waals surface area contributed by atoms with Crippen LogP contribution in [0.1, 0.15) is 43.4 Å². The molecule has 0 saturated carbocycles. The normalized spacial score (nSPS) is 8.95. The van der Waals surface area contributed by atoms with Crippen molar-refractivity contribution >= 4 is 6.08 Å². The van der Waals surface area contributed by atoms with Gasteiger partial charge in [-0.15, -0.1) is 13.2 Å². The van der Waals surface area contributed by atoms with E-state index in [2.05, 4.69) is 83.0 Å². The Hall–Kier alpha value is -2.08. The first-order valence-corrected chi connectivity index (χ1v) is 7.44. The SMILES string of the molecule is C=C.C=Cc1ccccc1CC.CC(C)c1ccccc1. The molecule has 0 aliphatic carbocycles. The first kappa shape index (κ1) is 18.9. The summed E-state index contributed by atoms with van der Waals surface area (Å²) in [7, 11) is 0. The molecule has 0 heterocycles. The summed E-state index contributed by atoms with van der Waals surface area (Å²) in [5, 5.41) is 0. The third-order valence-electron chi connectivity index (χ3n) is 3.12. The molecule has 0 fully saturated rings. The molecule has 2 aromatic rings. The lowest BCUT2D eigenvalue weighted by Gasteiger charge is -2.01. The predicted octanol–water partition coefficient (Wildman–Crippen LogP) is 6.50. The largest absolute Gasteiger partial charge is 0.106 e. The Balaban J connectivity index is 0.000000342. The Kier molecular flexibility index (Phi) is 10.6. The van der Waals surface area contributed by atoms with Crippen molar-refractivity contribution in [1.82, 2.24) is 0 Å². The molecule has 0 atom stereocenters. The van der Waals surface area contributed by atoms with Crippen molar-refractivity contribution in [3.8, 4) is 0 Å². The zero-order chi connectivity index (χ0) is 16.1. The summed E-state index contributed by atoms with van der Waals surface area (Å²) in [5.74, 6) is 0.659. The number of aryl methyl sites for hydroxylation is 1. The summed E-state index contributed by atoms with van der Waals surface area (Å²) in [6.07, 6.45) is 2.99. The number of hydrogen-bond acceptors (Lipinski definition) is 0. The maximum absolute atomic E-state index is 3.74. The van der Waals surface area contributed by atoms with Crippen LogP contribution in [0.25, 0.3) is 6.08 Å². The second kappa shape index (κ2) is 11.7. The second-order valence-corrected chi connectivity index (χ2v) is 4.82. The lowest BCUT2D eigenvalue weighted by atomic mass is 10.0. The highest BCUT2D eigenvalue weighted by Gasteiger charge is 1.93. The summed E-state index contributed by atoms with van der Waals surface area (Å²) < 4.78 is 0. The highest BCUT2D eigenvalue weighted by molar-refractivity contribution is 5.51. The molecule has 0 N–H and O–H groups in total. The topological polar surface area (TPSA) is 0 Å². The minimum atomic E-state index is 0.659. The molecule has 0 spiro atoms. The van der Waals surface area contributed by atoms with Crippen LogP contribution in [0.4, 0.5) is 0 Å². The minimum absolute atomic E-state index is 0.659. The van der Waals surface area contributed by atoms with Crippen LogP contribution in [0.5, 0.6) is 0 Å². The molecule has 2 rings (SSSR count). The molecule has 0 aliphatic heterocycles. The fourth-order valence-electron chi connectivity index (χ4n) is 1.89. The van der Waals surface area contributed by atoms with Crippen LogP contribution in [-0.4, -0.2) is 0 Å². The van der Waals surface area contributed by atoms with Gasteiger partial charge in [-0.25, -0.2) is 0 Å². The van der Waals surface area contributed by atoms with Crippen molar-refractivity contribution in [1.29, 1.82) is 0 Å². The summed E-state index contributed by atoms with van der Waals surface area (Å²) >= 11 is 0. The third-order valence-corrected chi connectivity index (χ3v) is 3.12. The molecule has 0 aromatic heterocycles. The maximum Gasteiger partial charge on any atom is -0.0219 e. The molecule has 0 radical (unpaired) electrons. The van der Waals surface area contributed by atoms with Gasteiger partial charge >= 0.3 is 0 Å². The molecule has 0 nitrogen and oxygen atoms in total. The molecular formula is C21H28. The van der Waals surface area contributed by atoms with E-state index in [-0.39, 0.29) is 0 Å². The second-order valence-electron chi connectivity index (χ2n) is 4.82. The van der Waals surface area contributed by atoms with Crippen molar-refractivity contribution in [3.05, 3.63) is 91.0 Å². The lowest BCUT2D eigenvalue weighted by Crippen LogP contribution is -1.83. The van der Waals surface area contributed by atoms with Crippen LogP contribution in [0.2, 0.25) is 0 Å². The van der Waals surface area contributed by atoms with E-state index in [0.29, 0.717) is 5.92 Å². The summed E-state index contributed by atoms with van der Waals surface area (Å²) in [4.78, 5) is 0. The van der Waals surface area contributed by atoms with Gasteiger partial charge in [-0.1, -0.05) is 88.0 Å². The molecule has 0 saturated heterocycles. The van der Waals surface area contributed by atoms with Gasteiger partial charge in [-0.3, -0.25) is 0 Å². The van der Waals surface area contributed by atoms with Crippen LogP contribution >= 0.6 is 0 Å². The van der Waals surface area contributed by atoms with E-state index in [4.69, 9.17) is 0 Å². The van der Waals surface area contributed by atoms with Gasteiger partial charge in [0.2, 0.25) is 0 Å². The quantitative estimate of drug-likeness (QED) is 0.563. The Labute approximate surface area is 130 Å². The van der Waals surface area contributed by atoms with E-state index in [9.17, 15) is 0 Å². The van der Waals surface area contributed by atoms with E-state index in [0.717, 1.165) is 6.42 Å². The first-order chi connectivity index (χ1) is 10.2. The van der Waals surface area contributed by atoms with E-state index >= 15 is 0 Å². The van der Waals surface area contributed by atoms with E-state index in [1.54, 1.807) is 0 Å². The van der Waals surface area contributed by atoms with E-state index in [1.807, 2.05) is 18.2 Å². The number of rotatable bonds is 3. The van der Waals surface area contributed by atoms with Crippen molar-refractivity contribution in [2.75, 3.05) is 0 Å². The average Bonchev–Trinajstić information content (AvgIpc) is 2.58. The van der Waals surface area contributed by atoms with Gasteiger partial charge in [0, 0.05) is 0 Å². The lowest BCUT2D eigenvalue weighted by molar-refractivity contribution is 0.867. The van der Waals surface area contributed by atoms with Crippen molar-refractivity contribution in [2.45, 2.75) is 33.1 Å². The van der Waals surface area contributed by atoms with E-state index < -0.39 is 0 Å². The van der Waals surface area contributed by atoms with Crippen LogP contribution in [-0.2, 0) is 6.42 Å². The van der Waals surface area contributed by atoms with Gasteiger partial charge in [-0.05, 0) is 29.0 Å². The van der Waals surface area contributed by atoms with Gasteiger partial charge in [0.1, 0.15) is 0 Å². The fraction of sp³-hybridized carbons (Fsp3) is 0.238. The average molecular weight is 280 g/mol. The molecular weight excluding hydrogens is 252 g/mol. The summed E-state index contributed by atoms with van der Waals surface area (Å²) in [6, 6.07) is 18.8. The van der Waals surface area contributed by atoms with Crippen LogP contribution in [0.3, 0.4) is 0 Å². The van der Waals surface area contributed by atoms with Gasteiger partial charge in [-0.2, -0.15) is 0 Å². The summed E-state index contributed by atoms with van der Waals surface area (Å²) in [6.45, 7) is 16.3. The van der Waals surface area contributed by atoms with Gasteiger partial charge < -0.3 is 0 Å². The molecule has 21 heavy (non-hydrogen) atoms. The van der Waals surface area contributed by atoms with Crippen molar-refractivity contribution in [2.24, 2.45) is 0 Å². The molecule has 0 aliphatic rings. The monoisotopic (exact) mass is 280 g/mol. The molecule has 0 amide bonds. The standard InChI is InChI=1S/C10H12.C9H12.C2H4/c1-3-9-7-5-6-8-10(9)4-2;1-8(2)9-6-4-3-5-7-9;1-2/h3,5-8H,1,4H2,2H3;3-8H,1-2H3;1-2H2.